The molecule has 0 unspecified atom stereocenters. The fraction of sp³-hybridized carbons (Fsp3) is 0.294. The molecule has 0 spiro atoms. The number of halogens is 2. The standard InChI is InChI=1S/C34H38Cl2N4O4/c1-3-40(4-2)14-7-15-42-27-10-5-8-24(17-27)28-11-6-9-25(34(28)36)22-44-33-19-32(26(20-37)18-29(33)35)43-21-23-12-13-31(39-41)30(38)16-23/h5-6,8-13,16-19,38,41H,3-4,7,14-15,20-22,37H2,1-2H3/b38-30?,39-31-. The Morgan fingerprint density at radius 3 is 2.41 bits per heavy atom. The lowest BCUT2D eigenvalue weighted by Gasteiger charge is -2.18. The first-order valence-electron chi connectivity index (χ1n) is 14.6. The monoisotopic (exact) mass is 636 g/mol. The molecule has 8 nitrogen and oxygen atoms in total. The van der Waals surface area contributed by atoms with Crippen molar-refractivity contribution in [3.63, 3.8) is 0 Å². The molecule has 0 atom stereocenters. The molecule has 0 radical (unpaired) electrons. The summed E-state index contributed by atoms with van der Waals surface area (Å²) in [6.45, 7) is 8.66. The maximum absolute atomic E-state index is 8.96. The van der Waals surface area contributed by atoms with Gasteiger partial charge in [0.1, 0.15) is 36.2 Å². The van der Waals surface area contributed by atoms with Crippen molar-refractivity contribution < 1.29 is 19.4 Å². The van der Waals surface area contributed by atoms with E-state index in [9.17, 15) is 0 Å². The molecule has 232 valence electrons. The molecular formula is C34H38Cl2N4O4. The molecule has 0 heterocycles. The van der Waals surface area contributed by atoms with Crippen molar-refractivity contribution in [3.05, 3.63) is 99.6 Å². The minimum absolute atomic E-state index is 0.0945. The topological polar surface area (TPSA) is 113 Å². The zero-order chi connectivity index (χ0) is 31.5. The summed E-state index contributed by atoms with van der Waals surface area (Å²) in [5, 5.41) is 21.0. The molecule has 1 aliphatic carbocycles. The molecule has 0 fully saturated rings. The van der Waals surface area contributed by atoms with Crippen LogP contribution in [0.5, 0.6) is 17.2 Å². The molecule has 0 saturated carbocycles. The van der Waals surface area contributed by atoms with Crippen molar-refractivity contribution in [1.82, 2.24) is 4.90 Å². The van der Waals surface area contributed by atoms with Gasteiger partial charge in [-0.15, -0.1) is 0 Å². The van der Waals surface area contributed by atoms with E-state index in [-0.39, 0.29) is 31.2 Å². The van der Waals surface area contributed by atoms with Gasteiger partial charge in [-0.25, -0.2) is 0 Å². The van der Waals surface area contributed by atoms with Crippen molar-refractivity contribution in [1.29, 1.82) is 5.41 Å². The first-order chi connectivity index (χ1) is 21.4. The smallest absolute Gasteiger partial charge is 0.142 e. The van der Waals surface area contributed by atoms with Crippen molar-refractivity contribution in [2.75, 3.05) is 32.8 Å². The van der Waals surface area contributed by atoms with Crippen molar-refractivity contribution in [2.45, 2.75) is 33.4 Å². The summed E-state index contributed by atoms with van der Waals surface area (Å²) < 4.78 is 18.2. The van der Waals surface area contributed by atoms with E-state index in [0.29, 0.717) is 33.7 Å². The van der Waals surface area contributed by atoms with Gasteiger partial charge in [0.05, 0.1) is 22.4 Å². The molecule has 10 heteroatoms. The Hall–Kier alpha value is -3.82. The van der Waals surface area contributed by atoms with Crippen LogP contribution in [0.1, 0.15) is 31.4 Å². The molecule has 3 aromatic carbocycles. The van der Waals surface area contributed by atoms with E-state index in [1.165, 1.54) is 0 Å². The number of nitrogens with one attached hydrogen (secondary N) is 1. The van der Waals surface area contributed by atoms with Gasteiger partial charge in [-0.2, -0.15) is 0 Å². The number of hydrogen-bond donors (Lipinski definition) is 3. The fourth-order valence-corrected chi connectivity index (χ4v) is 5.27. The van der Waals surface area contributed by atoms with Gasteiger partial charge in [-0.1, -0.05) is 78.6 Å². The molecule has 3 aromatic rings. The summed E-state index contributed by atoms with van der Waals surface area (Å²) in [4.78, 5) is 2.38. The third-order valence-electron chi connectivity index (χ3n) is 7.29. The Morgan fingerprint density at radius 1 is 0.909 bits per heavy atom. The van der Waals surface area contributed by atoms with Crippen molar-refractivity contribution >= 4 is 34.6 Å². The van der Waals surface area contributed by atoms with Gasteiger partial charge in [-0.3, -0.25) is 5.41 Å². The lowest BCUT2D eigenvalue weighted by atomic mass is 10.0. The predicted molar refractivity (Wildman–Crippen MR) is 178 cm³/mol. The van der Waals surface area contributed by atoms with E-state index in [1.807, 2.05) is 42.5 Å². The maximum Gasteiger partial charge on any atom is 0.142 e. The number of hydrogen-bond acceptors (Lipinski definition) is 8. The normalized spacial score (nSPS) is 13.8. The van der Waals surface area contributed by atoms with Crippen LogP contribution in [0.25, 0.3) is 11.1 Å². The molecule has 0 bridgehead atoms. The molecule has 0 aliphatic heterocycles. The van der Waals surface area contributed by atoms with Gasteiger partial charge >= 0.3 is 0 Å². The first kappa shape index (κ1) is 33.1. The van der Waals surface area contributed by atoms with Gasteiger partial charge in [0.25, 0.3) is 0 Å². The highest BCUT2D eigenvalue weighted by molar-refractivity contribution is 6.50. The van der Waals surface area contributed by atoms with Gasteiger partial charge in [0.2, 0.25) is 0 Å². The van der Waals surface area contributed by atoms with E-state index >= 15 is 0 Å². The summed E-state index contributed by atoms with van der Waals surface area (Å²) in [6, 6.07) is 17.2. The lowest BCUT2D eigenvalue weighted by Crippen LogP contribution is -2.25. The fourth-order valence-electron chi connectivity index (χ4n) is 4.74. The first-order valence-corrected chi connectivity index (χ1v) is 15.3. The van der Waals surface area contributed by atoms with Crippen LogP contribution in [-0.2, 0) is 13.2 Å². The van der Waals surface area contributed by atoms with E-state index in [2.05, 4.69) is 23.9 Å². The third kappa shape index (κ3) is 8.64. The minimum Gasteiger partial charge on any atom is -0.494 e. The quantitative estimate of drug-likeness (QED) is 0.0687. The second-order valence-electron chi connectivity index (χ2n) is 10.2. The average Bonchev–Trinajstić information content (AvgIpc) is 3.04. The van der Waals surface area contributed by atoms with Gasteiger partial charge in [0, 0.05) is 35.8 Å². The Bertz CT molecular complexity index is 1550. The van der Waals surface area contributed by atoms with E-state index in [1.54, 1.807) is 30.4 Å². The highest BCUT2D eigenvalue weighted by Crippen LogP contribution is 2.36. The number of ether oxygens (including phenoxy) is 3. The number of benzene rings is 3. The largest absolute Gasteiger partial charge is 0.494 e. The number of rotatable bonds is 15. The number of oxime groups is 1. The number of nitrogens with zero attached hydrogens (tertiary/aromatic N) is 2. The Labute approximate surface area is 268 Å². The van der Waals surface area contributed by atoms with Gasteiger partial charge < -0.3 is 30.1 Å². The molecule has 0 aromatic heterocycles. The minimum atomic E-state index is 0.0945. The van der Waals surface area contributed by atoms with Crippen molar-refractivity contribution in [2.24, 2.45) is 10.9 Å². The molecule has 1 aliphatic rings. The molecule has 0 amide bonds. The van der Waals surface area contributed by atoms with Crippen LogP contribution >= 0.6 is 23.2 Å². The second kappa shape index (κ2) is 16.3. The Balaban J connectivity index is 1.43. The van der Waals surface area contributed by atoms with Crippen LogP contribution in [0.3, 0.4) is 0 Å². The highest BCUT2D eigenvalue weighted by atomic mass is 35.5. The van der Waals surface area contributed by atoms with E-state index in [4.69, 9.17) is 53.8 Å². The lowest BCUT2D eigenvalue weighted by molar-refractivity contribution is 0.249. The molecule has 44 heavy (non-hydrogen) atoms. The average molecular weight is 638 g/mol. The zero-order valence-corrected chi connectivity index (χ0v) is 26.5. The molecule has 0 saturated heterocycles. The van der Waals surface area contributed by atoms with Gasteiger partial charge in [0.15, 0.2) is 0 Å². The van der Waals surface area contributed by atoms with Crippen LogP contribution in [-0.4, -0.2) is 54.4 Å². The van der Waals surface area contributed by atoms with E-state index in [0.717, 1.165) is 54.1 Å². The summed E-state index contributed by atoms with van der Waals surface area (Å²) in [6.07, 6.45) is 5.82. The highest BCUT2D eigenvalue weighted by Gasteiger charge is 2.15. The number of nitrogens with two attached hydrogens (primary N) is 1. The Morgan fingerprint density at radius 2 is 1.68 bits per heavy atom. The number of allylic oxidation sites excluding steroid dienone is 2. The van der Waals surface area contributed by atoms with Crippen molar-refractivity contribution in [3.8, 4) is 28.4 Å². The maximum atomic E-state index is 8.96. The van der Waals surface area contributed by atoms with Crippen LogP contribution < -0.4 is 19.9 Å². The molecule has 4 N–H and O–H groups in total. The van der Waals surface area contributed by atoms with Crippen LogP contribution in [0.15, 0.2) is 83.6 Å². The summed E-state index contributed by atoms with van der Waals surface area (Å²) in [7, 11) is 0. The van der Waals surface area contributed by atoms with Crippen LogP contribution in [0, 0.1) is 5.41 Å². The molecular weight excluding hydrogens is 599 g/mol. The molecule has 4 rings (SSSR count). The summed E-state index contributed by atoms with van der Waals surface area (Å²) in [5.74, 6) is 1.75. The van der Waals surface area contributed by atoms with Crippen LogP contribution in [0.4, 0.5) is 0 Å². The third-order valence-corrected chi connectivity index (χ3v) is 8.03. The summed E-state index contributed by atoms with van der Waals surface area (Å²) >= 11 is 13.4. The Kier molecular flexibility index (Phi) is 12.3. The SMILES string of the molecule is CCN(CC)CCCOc1cccc(-c2cccc(COc3cc(OCC4=CC(=N)/C(=N\O)C=C4)c(CN)cc3Cl)c2Cl)c1. The second-order valence-corrected chi connectivity index (χ2v) is 10.9. The predicted octanol–water partition coefficient (Wildman–Crippen LogP) is 7.53. The van der Waals surface area contributed by atoms with Gasteiger partial charge in [-0.05, 0) is 61.0 Å². The van der Waals surface area contributed by atoms with Crippen LogP contribution in [0.2, 0.25) is 10.0 Å². The summed E-state index contributed by atoms with van der Waals surface area (Å²) in [5.41, 5.74) is 10.3. The zero-order valence-electron chi connectivity index (χ0n) is 25.0. The van der Waals surface area contributed by atoms with E-state index < -0.39 is 0 Å².